The fourth-order valence-electron chi connectivity index (χ4n) is 1.88. The maximum atomic E-state index is 12.1. The third-order valence-corrected chi connectivity index (χ3v) is 2.98. The monoisotopic (exact) mass is 279 g/mol. The number of anilines is 1. The highest BCUT2D eigenvalue weighted by atomic mass is 16.6. The van der Waals surface area contributed by atoms with Crippen LogP contribution in [0, 0.1) is 10.1 Å². The summed E-state index contributed by atoms with van der Waals surface area (Å²) >= 11 is 0. The molecule has 106 valence electrons. The van der Waals surface area contributed by atoms with E-state index in [1.165, 1.54) is 17.0 Å². The van der Waals surface area contributed by atoms with Gasteiger partial charge in [-0.15, -0.1) is 0 Å². The molecule has 1 heterocycles. The summed E-state index contributed by atoms with van der Waals surface area (Å²) in [6.07, 6.45) is 0. The number of carbonyl (C=O) groups is 2. The predicted molar refractivity (Wildman–Crippen MR) is 69.2 cm³/mol. The SMILES string of the molecule is Nc1ccc([N+](=O)[O-])cc1C(=O)C(=O)N1CCOCC1. The number of morpholine rings is 1. The number of nitro groups is 1. The van der Waals surface area contributed by atoms with Gasteiger partial charge in [-0.3, -0.25) is 19.7 Å². The van der Waals surface area contributed by atoms with Crippen molar-refractivity contribution in [3.63, 3.8) is 0 Å². The Morgan fingerprint density at radius 3 is 2.55 bits per heavy atom. The van der Waals surface area contributed by atoms with Crippen molar-refractivity contribution in [2.75, 3.05) is 32.0 Å². The summed E-state index contributed by atoms with van der Waals surface area (Å²) in [7, 11) is 0. The van der Waals surface area contributed by atoms with E-state index in [1.54, 1.807) is 0 Å². The number of nitro benzene ring substituents is 1. The molecule has 0 unspecified atom stereocenters. The zero-order chi connectivity index (χ0) is 14.7. The van der Waals surface area contributed by atoms with Gasteiger partial charge >= 0.3 is 0 Å². The first-order chi connectivity index (χ1) is 9.50. The van der Waals surface area contributed by atoms with E-state index >= 15 is 0 Å². The summed E-state index contributed by atoms with van der Waals surface area (Å²) in [5.41, 5.74) is 5.24. The topological polar surface area (TPSA) is 116 Å². The van der Waals surface area contributed by atoms with Crippen LogP contribution in [-0.2, 0) is 9.53 Å². The van der Waals surface area contributed by atoms with Gasteiger partial charge in [-0.1, -0.05) is 0 Å². The average molecular weight is 279 g/mol. The number of rotatable bonds is 3. The molecule has 8 nitrogen and oxygen atoms in total. The van der Waals surface area contributed by atoms with Crippen molar-refractivity contribution in [1.82, 2.24) is 4.90 Å². The van der Waals surface area contributed by atoms with E-state index in [2.05, 4.69) is 0 Å². The number of nitrogens with two attached hydrogens (primary N) is 1. The van der Waals surface area contributed by atoms with Crippen molar-refractivity contribution in [2.24, 2.45) is 0 Å². The molecule has 1 aromatic carbocycles. The van der Waals surface area contributed by atoms with Gasteiger partial charge in [-0.25, -0.2) is 0 Å². The Morgan fingerprint density at radius 2 is 1.95 bits per heavy atom. The molecule has 1 aromatic rings. The second-order valence-electron chi connectivity index (χ2n) is 4.26. The molecule has 1 aliphatic rings. The lowest BCUT2D eigenvalue weighted by atomic mass is 10.1. The quantitative estimate of drug-likeness (QED) is 0.278. The van der Waals surface area contributed by atoms with E-state index in [4.69, 9.17) is 10.5 Å². The molecular formula is C12H13N3O5. The third kappa shape index (κ3) is 2.75. The molecule has 1 amide bonds. The molecule has 8 heteroatoms. The van der Waals surface area contributed by atoms with Gasteiger partial charge in [0.05, 0.1) is 23.7 Å². The van der Waals surface area contributed by atoms with Gasteiger partial charge in [0.1, 0.15) is 0 Å². The second-order valence-corrected chi connectivity index (χ2v) is 4.26. The van der Waals surface area contributed by atoms with E-state index in [0.717, 1.165) is 6.07 Å². The van der Waals surface area contributed by atoms with Crippen molar-refractivity contribution in [3.8, 4) is 0 Å². The van der Waals surface area contributed by atoms with Crippen LogP contribution in [0.1, 0.15) is 10.4 Å². The summed E-state index contributed by atoms with van der Waals surface area (Å²) in [5.74, 6) is -1.56. The first-order valence-corrected chi connectivity index (χ1v) is 5.96. The minimum Gasteiger partial charge on any atom is -0.398 e. The molecule has 0 saturated carbocycles. The number of benzene rings is 1. The van der Waals surface area contributed by atoms with Crippen molar-refractivity contribution in [2.45, 2.75) is 0 Å². The standard InChI is InChI=1S/C12H13N3O5/c13-10-2-1-8(15(18)19)7-9(10)11(16)12(17)14-3-5-20-6-4-14/h1-2,7H,3-6,13H2. The number of carbonyl (C=O) groups excluding carboxylic acids is 2. The minimum atomic E-state index is -0.840. The smallest absolute Gasteiger partial charge is 0.295 e. The van der Waals surface area contributed by atoms with Crippen LogP contribution < -0.4 is 5.73 Å². The van der Waals surface area contributed by atoms with E-state index in [9.17, 15) is 19.7 Å². The molecule has 2 rings (SSSR count). The van der Waals surface area contributed by atoms with Crippen LogP contribution in [0.3, 0.4) is 0 Å². The molecule has 1 aliphatic heterocycles. The maximum absolute atomic E-state index is 12.1. The number of nitrogen functional groups attached to an aromatic ring is 1. The first-order valence-electron chi connectivity index (χ1n) is 5.96. The molecule has 0 bridgehead atoms. The van der Waals surface area contributed by atoms with Crippen molar-refractivity contribution in [3.05, 3.63) is 33.9 Å². The number of nitrogens with zero attached hydrogens (tertiary/aromatic N) is 2. The van der Waals surface area contributed by atoms with Crippen molar-refractivity contribution >= 4 is 23.1 Å². The van der Waals surface area contributed by atoms with E-state index in [-0.39, 0.29) is 16.9 Å². The number of hydrogen-bond donors (Lipinski definition) is 1. The third-order valence-electron chi connectivity index (χ3n) is 2.98. The number of non-ortho nitro benzene ring substituents is 1. The number of amides is 1. The van der Waals surface area contributed by atoms with E-state index in [0.29, 0.717) is 26.3 Å². The zero-order valence-corrected chi connectivity index (χ0v) is 10.6. The van der Waals surface area contributed by atoms with Gasteiger partial charge in [0.2, 0.25) is 0 Å². The van der Waals surface area contributed by atoms with Crippen LogP contribution in [0.4, 0.5) is 11.4 Å². The summed E-state index contributed by atoms with van der Waals surface area (Å²) < 4.78 is 5.09. The fourth-order valence-corrected chi connectivity index (χ4v) is 1.88. The van der Waals surface area contributed by atoms with E-state index < -0.39 is 16.6 Å². The first kappa shape index (κ1) is 13.9. The molecule has 1 saturated heterocycles. The molecule has 0 aromatic heterocycles. The maximum Gasteiger partial charge on any atom is 0.295 e. The number of ketones is 1. The Kier molecular flexibility index (Phi) is 3.94. The van der Waals surface area contributed by atoms with Gasteiger partial charge in [-0.05, 0) is 6.07 Å². The highest BCUT2D eigenvalue weighted by Crippen LogP contribution is 2.21. The van der Waals surface area contributed by atoms with Gasteiger partial charge in [-0.2, -0.15) is 0 Å². The lowest BCUT2D eigenvalue weighted by Crippen LogP contribution is -2.44. The molecule has 0 spiro atoms. The van der Waals surface area contributed by atoms with E-state index in [1.807, 2.05) is 0 Å². The Bertz CT molecular complexity index is 566. The molecule has 0 atom stereocenters. The van der Waals surface area contributed by atoms with Crippen LogP contribution in [-0.4, -0.2) is 47.8 Å². The van der Waals surface area contributed by atoms with Crippen LogP contribution in [0.2, 0.25) is 0 Å². The molecule has 0 aliphatic carbocycles. The van der Waals surface area contributed by atoms with Crippen molar-refractivity contribution < 1.29 is 19.2 Å². The Balaban J connectivity index is 2.25. The second kappa shape index (κ2) is 5.66. The largest absolute Gasteiger partial charge is 0.398 e. The zero-order valence-electron chi connectivity index (χ0n) is 10.6. The fraction of sp³-hybridized carbons (Fsp3) is 0.333. The number of ether oxygens (including phenoxy) is 1. The Hall–Kier alpha value is -2.48. The normalized spacial score (nSPS) is 14.9. The van der Waals surface area contributed by atoms with Crippen LogP contribution in [0.25, 0.3) is 0 Å². The van der Waals surface area contributed by atoms with Crippen LogP contribution in [0.15, 0.2) is 18.2 Å². The Morgan fingerprint density at radius 1 is 1.30 bits per heavy atom. The molecule has 1 fully saturated rings. The lowest BCUT2D eigenvalue weighted by molar-refractivity contribution is -0.384. The van der Waals surface area contributed by atoms with Gasteiger partial charge in [0.25, 0.3) is 17.4 Å². The Labute approximate surface area is 114 Å². The van der Waals surface area contributed by atoms with Gasteiger partial charge < -0.3 is 15.4 Å². The highest BCUT2D eigenvalue weighted by molar-refractivity contribution is 6.43. The van der Waals surface area contributed by atoms with Crippen LogP contribution >= 0.6 is 0 Å². The van der Waals surface area contributed by atoms with Gasteiger partial charge in [0.15, 0.2) is 0 Å². The number of hydrogen-bond acceptors (Lipinski definition) is 6. The summed E-state index contributed by atoms with van der Waals surface area (Å²) in [6, 6.07) is 3.46. The minimum absolute atomic E-state index is 0.0437. The average Bonchev–Trinajstić information content (AvgIpc) is 2.47. The summed E-state index contributed by atoms with van der Waals surface area (Å²) in [4.78, 5) is 35.5. The van der Waals surface area contributed by atoms with Gasteiger partial charge in [0, 0.05) is 30.9 Å². The molecular weight excluding hydrogens is 266 g/mol. The number of Topliss-reactive ketones (excluding diaryl/α,β-unsaturated/α-hetero) is 1. The lowest BCUT2D eigenvalue weighted by Gasteiger charge is -2.26. The molecule has 0 radical (unpaired) electrons. The molecule has 20 heavy (non-hydrogen) atoms. The summed E-state index contributed by atoms with van der Waals surface area (Å²) in [6.45, 7) is 1.37. The molecule has 2 N–H and O–H groups in total. The van der Waals surface area contributed by atoms with Crippen molar-refractivity contribution in [1.29, 1.82) is 0 Å². The van der Waals surface area contributed by atoms with Crippen LogP contribution in [0.5, 0.6) is 0 Å². The predicted octanol–water partition coefficient (Wildman–Crippen LogP) is 0.218. The summed E-state index contributed by atoms with van der Waals surface area (Å²) in [5, 5.41) is 10.7. The highest BCUT2D eigenvalue weighted by Gasteiger charge is 2.27.